The highest BCUT2D eigenvalue weighted by Crippen LogP contribution is 2.37. The molecule has 0 spiro atoms. The number of fused-ring (bicyclic) bond motifs is 1. The van der Waals surface area contributed by atoms with Crippen LogP contribution in [-0.2, 0) is 0 Å². The molecule has 0 fully saturated rings. The first-order valence-corrected chi connectivity index (χ1v) is 4.81. The first-order valence-electron chi connectivity index (χ1n) is 4.81. The second-order valence-electron chi connectivity index (χ2n) is 3.35. The van der Waals surface area contributed by atoms with Crippen LogP contribution < -0.4 is 9.47 Å². The molecule has 0 bridgehead atoms. The Morgan fingerprint density at radius 2 is 1.88 bits per heavy atom. The second-order valence-corrected chi connectivity index (χ2v) is 3.35. The molecular formula is C11H10N2O4. The number of carbonyl (C=O) groups is 1. The number of nitrogens with one attached hydrogen (secondary N) is 1. The maximum atomic E-state index is 10.8. The number of aldehydes is 1. The number of hydrogen-bond acceptors (Lipinski definition) is 5. The monoisotopic (exact) mass is 234 g/mol. The van der Waals surface area contributed by atoms with E-state index < -0.39 is 0 Å². The number of rotatable bonds is 4. The number of nitrogens with zero attached hydrogens (tertiary/aromatic N) is 1. The fraction of sp³-hybridized carbons (Fsp3) is 0.182. The zero-order valence-electron chi connectivity index (χ0n) is 9.31. The third kappa shape index (κ3) is 1.63. The molecule has 1 aromatic heterocycles. The van der Waals surface area contributed by atoms with Crippen molar-refractivity contribution in [1.29, 1.82) is 0 Å². The van der Waals surface area contributed by atoms with Crippen molar-refractivity contribution in [2.24, 2.45) is 5.18 Å². The average molecular weight is 234 g/mol. The van der Waals surface area contributed by atoms with E-state index in [9.17, 15) is 9.70 Å². The van der Waals surface area contributed by atoms with Gasteiger partial charge in [0.1, 0.15) is 11.4 Å². The summed E-state index contributed by atoms with van der Waals surface area (Å²) in [6.45, 7) is 0. The summed E-state index contributed by atoms with van der Waals surface area (Å²) in [5, 5.41) is 3.38. The largest absolute Gasteiger partial charge is 0.493 e. The van der Waals surface area contributed by atoms with Crippen LogP contribution in [-0.4, -0.2) is 25.5 Å². The first kappa shape index (κ1) is 11.1. The minimum absolute atomic E-state index is 0.0796. The van der Waals surface area contributed by atoms with Crippen LogP contribution in [0.25, 0.3) is 10.9 Å². The number of aromatic amines is 1. The lowest BCUT2D eigenvalue weighted by Crippen LogP contribution is -1.89. The lowest BCUT2D eigenvalue weighted by Gasteiger charge is -2.06. The molecule has 88 valence electrons. The maximum absolute atomic E-state index is 10.8. The standard InChI is InChI=1S/C11H10N2O4/c1-16-9-3-6-7(4-10(9)17-2)12-8(5-14)11(6)13-15/h3-5,12H,1-2H3. The van der Waals surface area contributed by atoms with Crippen molar-refractivity contribution in [2.75, 3.05) is 14.2 Å². The minimum atomic E-state index is 0.0796. The molecule has 0 atom stereocenters. The van der Waals surface area contributed by atoms with Gasteiger partial charge in [0, 0.05) is 11.5 Å². The van der Waals surface area contributed by atoms with Gasteiger partial charge >= 0.3 is 0 Å². The summed E-state index contributed by atoms with van der Waals surface area (Å²) in [5.74, 6) is 0.984. The van der Waals surface area contributed by atoms with Crippen LogP contribution in [0.2, 0.25) is 0 Å². The van der Waals surface area contributed by atoms with Crippen LogP contribution in [0.5, 0.6) is 11.5 Å². The number of benzene rings is 1. The summed E-state index contributed by atoms with van der Waals surface area (Å²) in [6.07, 6.45) is 0.551. The number of carbonyl (C=O) groups excluding carboxylic acids is 1. The molecule has 1 aromatic carbocycles. The number of ether oxygens (including phenoxy) is 2. The third-order valence-electron chi connectivity index (χ3n) is 2.51. The maximum Gasteiger partial charge on any atom is 0.168 e. The molecule has 0 radical (unpaired) electrons. The molecule has 2 aromatic rings. The number of hydrogen-bond donors (Lipinski definition) is 1. The molecule has 0 saturated carbocycles. The Hall–Kier alpha value is -2.37. The molecule has 0 aliphatic rings. The fourth-order valence-electron chi connectivity index (χ4n) is 1.71. The Morgan fingerprint density at radius 3 is 2.41 bits per heavy atom. The molecule has 17 heavy (non-hydrogen) atoms. The summed E-state index contributed by atoms with van der Waals surface area (Å²) in [5.41, 5.74) is 0.820. The summed E-state index contributed by atoms with van der Waals surface area (Å²) in [4.78, 5) is 24.3. The molecule has 0 aliphatic heterocycles. The average Bonchev–Trinajstić information content (AvgIpc) is 2.73. The van der Waals surface area contributed by atoms with Gasteiger partial charge in [0.15, 0.2) is 17.8 Å². The Labute approximate surface area is 96.5 Å². The lowest BCUT2D eigenvalue weighted by atomic mass is 10.2. The van der Waals surface area contributed by atoms with E-state index in [0.29, 0.717) is 28.7 Å². The predicted molar refractivity (Wildman–Crippen MR) is 62.2 cm³/mol. The number of methoxy groups -OCH3 is 2. The van der Waals surface area contributed by atoms with E-state index in [1.165, 1.54) is 14.2 Å². The molecule has 0 amide bonds. The summed E-state index contributed by atoms with van der Waals surface area (Å²) in [7, 11) is 3.00. The van der Waals surface area contributed by atoms with E-state index in [0.717, 1.165) is 0 Å². The van der Waals surface area contributed by atoms with E-state index in [-0.39, 0.29) is 11.4 Å². The molecule has 6 heteroatoms. The van der Waals surface area contributed by atoms with Gasteiger partial charge in [-0.3, -0.25) is 4.79 Å². The van der Waals surface area contributed by atoms with E-state index in [2.05, 4.69) is 10.2 Å². The molecule has 0 saturated heterocycles. The molecule has 0 unspecified atom stereocenters. The SMILES string of the molecule is COc1cc2[nH]c(C=O)c(N=O)c2cc1OC. The summed E-state index contributed by atoms with van der Waals surface area (Å²) >= 11 is 0. The number of H-pyrrole nitrogens is 1. The van der Waals surface area contributed by atoms with E-state index in [1.807, 2.05) is 0 Å². The Morgan fingerprint density at radius 1 is 1.24 bits per heavy atom. The highest BCUT2D eigenvalue weighted by molar-refractivity contribution is 6.01. The van der Waals surface area contributed by atoms with Crippen LogP contribution in [0.1, 0.15) is 10.5 Å². The molecule has 2 rings (SSSR count). The van der Waals surface area contributed by atoms with Crippen LogP contribution in [0.4, 0.5) is 5.69 Å². The summed E-state index contributed by atoms with van der Waals surface area (Å²) < 4.78 is 10.2. The van der Waals surface area contributed by atoms with Gasteiger partial charge in [-0.2, -0.15) is 0 Å². The van der Waals surface area contributed by atoms with Crippen LogP contribution in [0, 0.1) is 4.91 Å². The smallest absolute Gasteiger partial charge is 0.168 e. The fourth-order valence-corrected chi connectivity index (χ4v) is 1.71. The number of nitroso groups, excluding NO2 is 1. The van der Waals surface area contributed by atoms with Crippen molar-refractivity contribution in [3.8, 4) is 11.5 Å². The van der Waals surface area contributed by atoms with Crippen LogP contribution in [0.3, 0.4) is 0 Å². The molecule has 6 nitrogen and oxygen atoms in total. The Kier molecular flexibility index (Phi) is 2.78. The van der Waals surface area contributed by atoms with Gasteiger partial charge in [0.2, 0.25) is 0 Å². The summed E-state index contributed by atoms with van der Waals surface area (Å²) in [6, 6.07) is 3.25. The molecule has 0 aliphatic carbocycles. The Balaban J connectivity index is 2.80. The van der Waals surface area contributed by atoms with Gasteiger partial charge < -0.3 is 14.5 Å². The van der Waals surface area contributed by atoms with Crippen molar-refractivity contribution in [3.63, 3.8) is 0 Å². The van der Waals surface area contributed by atoms with E-state index in [1.54, 1.807) is 12.1 Å². The van der Waals surface area contributed by atoms with Crippen molar-refractivity contribution in [3.05, 3.63) is 22.7 Å². The highest BCUT2D eigenvalue weighted by Gasteiger charge is 2.15. The van der Waals surface area contributed by atoms with Crippen molar-refractivity contribution in [2.45, 2.75) is 0 Å². The quantitative estimate of drug-likeness (QED) is 0.650. The molecular weight excluding hydrogens is 224 g/mol. The van der Waals surface area contributed by atoms with Gasteiger partial charge in [-0.25, -0.2) is 0 Å². The van der Waals surface area contributed by atoms with Crippen molar-refractivity contribution in [1.82, 2.24) is 4.98 Å². The van der Waals surface area contributed by atoms with Crippen molar-refractivity contribution < 1.29 is 14.3 Å². The third-order valence-corrected chi connectivity index (χ3v) is 2.51. The normalized spacial score (nSPS) is 10.2. The van der Waals surface area contributed by atoms with Crippen LogP contribution in [0.15, 0.2) is 17.3 Å². The van der Waals surface area contributed by atoms with Gasteiger partial charge in [-0.15, -0.1) is 4.91 Å². The lowest BCUT2D eigenvalue weighted by molar-refractivity contribution is 0.112. The molecule has 1 N–H and O–H groups in total. The zero-order chi connectivity index (χ0) is 12.4. The van der Waals surface area contributed by atoms with Gasteiger partial charge in [-0.05, 0) is 11.2 Å². The zero-order valence-corrected chi connectivity index (χ0v) is 9.31. The van der Waals surface area contributed by atoms with E-state index >= 15 is 0 Å². The highest BCUT2D eigenvalue weighted by atomic mass is 16.5. The number of aromatic nitrogens is 1. The Bertz CT molecular complexity index is 589. The van der Waals surface area contributed by atoms with Crippen LogP contribution >= 0.6 is 0 Å². The van der Waals surface area contributed by atoms with Gasteiger partial charge in [-0.1, -0.05) is 0 Å². The van der Waals surface area contributed by atoms with Gasteiger partial charge in [0.05, 0.1) is 19.7 Å². The van der Waals surface area contributed by atoms with E-state index in [4.69, 9.17) is 9.47 Å². The predicted octanol–water partition coefficient (Wildman–Crippen LogP) is 2.40. The molecule has 1 heterocycles. The van der Waals surface area contributed by atoms with Crippen molar-refractivity contribution >= 4 is 22.9 Å². The van der Waals surface area contributed by atoms with Gasteiger partial charge in [0.25, 0.3) is 0 Å². The minimum Gasteiger partial charge on any atom is -0.493 e. The first-order chi connectivity index (χ1) is 8.24. The second kappa shape index (κ2) is 4.25. The topological polar surface area (TPSA) is 80.8 Å².